The highest BCUT2D eigenvalue weighted by Crippen LogP contribution is 2.20. The van der Waals surface area contributed by atoms with Gasteiger partial charge in [0, 0.05) is 0 Å². The molecule has 2 rings (SSSR count). The Hall–Kier alpha value is -2.62. The summed E-state index contributed by atoms with van der Waals surface area (Å²) in [7, 11) is 0. The zero-order valence-corrected chi connectivity index (χ0v) is 11.7. The van der Waals surface area contributed by atoms with Crippen LogP contribution in [0.1, 0.15) is 35.2 Å². The molecule has 4 heteroatoms. The Bertz CT molecular complexity index is 637. The molecule has 108 valence electrons. The van der Waals surface area contributed by atoms with Crippen molar-refractivity contribution in [3.63, 3.8) is 0 Å². The first kappa shape index (κ1) is 14.8. The summed E-state index contributed by atoms with van der Waals surface area (Å²) in [5.41, 5.74) is 0.955. The van der Waals surface area contributed by atoms with Crippen molar-refractivity contribution in [2.24, 2.45) is 0 Å². The van der Waals surface area contributed by atoms with Crippen molar-refractivity contribution in [1.29, 1.82) is 0 Å². The van der Waals surface area contributed by atoms with E-state index in [1.807, 2.05) is 37.3 Å². The van der Waals surface area contributed by atoms with Crippen LogP contribution in [-0.4, -0.2) is 16.9 Å². The van der Waals surface area contributed by atoms with Crippen LogP contribution >= 0.6 is 0 Å². The minimum atomic E-state index is -0.590. The summed E-state index contributed by atoms with van der Waals surface area (Å²) in [5, 5.41) is 12.0. The summed E-state index contributed by atoms with van der Waals surface area (Å²) < 4.78 is 0. The number of amides is 2. The predicted octanol–water partition coefficient (Wildman–Crippen LogP) is 2.84. The van der Waals surface area contributed by atoms with Crippen molar-refractivity contribution in [2.45, 2.75) is 19.3 Å². The zero-order chi connectivity index (χ0) is 15.2. The van der Waals surface area contributed by atoms with E-state index >= 15 is 0 Å². The lowest BCUT2D eigenvalue weighted by atomic mass is 9.95. The van der Waals surface area contributed by atoms with Crippen LogP contribution in [0.15, 0.2) is 54.6 Å². The van der Waals surface area contributed by atoms with Gasteiger partial charge >= 0.3 is 0 Å². The number of phenolic OH excluding ortho intramolecular Hbond substituents is 1. The summed E-state index contributed by atoms with van der Waals surface area (Å²) in [6, 6.07) is 15.4. The maximum Gasteiger partial charge on any atom is 0.261 e. The molecule has 2 aromatic carbocycles. The number of imide groups is 1. The zero-order valence-electron chi connectivity index (χ0n) is 11.7. The Morgan fingerprint density at radius 3 is 2.29 bits per heavy atom. The number of hydrogen-bond donors (Lipinski definition) is 2. The van der Waals surface area contributed by atoms with Crippen LogP contribution in [0.4, 0.5) is 0 Å². The van der Waals surface area contributed by atoms with Gasteiger partial charge in [0.15, 0.2) is 0 Å². The van der Waals surface area contributed by atoms with E-state index in [4.69, 9.17) is 0 Å². The van der Waals surface area contributed by atoms with Gasteiger partial charge < -0.3 is 5.11 Å². The number of hydrogen-bond acceptors (Lipinski definition) is 3. The second-order valence-electron chi connectivity index (χ2n) is 4.71. The maximum absolute atomic E-state index is 12.3. The number of nitrogens with one attached hydrogen (secondary N) is 1. The average Bonchev–Trinajstić information content (AvgIpc) is 2.49. The van der Waals surface area contributed by atoms with E-state index in [1.165, 1.54) is 12.1 Å². The van der Waals surface area contributed by atoms with Crippen LogP contribution in [0.3, 0.4) is 0 Å². The van der Waals surface area contributed by atoms with Crippen molar-refractivity contribution in [3.05, 3.63) is 65.7 Å². The van der Waals surface area contributed by atoms with Crippen molar-refractivity contribution >= 4 is 11.8 Å². The number of phenols is 1. The molecular weight excluding hydrogens is 266 g/mol. The molecular formula is C17H17NO3. The summed E-state index contributed by atoms with van der Waals surface area (Å²) in [5.74, 6) is -1.49. The van der Waals surface area contributed by atoms with E-state index in [1.54, 1.807) is 12.1 Å². The largest absolute Gasteiger partial charge is 0.507 e. The van der Waals surface area contributed by atoms with Gasteiger partial charge in [0.05, 0.1) is 11.5 Å². The van der Waals surface area contributed by atoms with Gasteiger partial charge in [0.2, 0.25) is 5.91 Å². The second kappa shape index (κ2) is 6.70. The topological polar surface area (TPSA) is 66.4 Å². The molecule has 0 radical (unpaired) electrons. The molecule has 4 nitrogen and oxygen atoms in total. The van der Waals surface area contributed by atoms with Gasteiger partial charge in [-0.05, 0) is 24.1 Å². The monoisotopic (exact) mass is 283 g/mol. The summed E-state index contributed by atoms with van der Waals surface area (Å²) in [6.45, 7) is 1.89. The molecule has 2 aromatic rings. The van der Waals surface area contributed by atoms with E-state index in [-0.39, 0.29) is 23.1 Å². The molecule has 2 N–H and O–H groups in total. The van der Waals surface area contributed by atoms with Crippen LogP contribution in [0.2, 0.25) is 0 Å². The van der Waals surface area contributed by atoms with Crippen LogP contribution in [-0.2, 0) is 4.79 Å². The van der Waals surface area contributed by atoms with E-state index in [2.05, 4.69) is 5.32 Å². The average molecular weight is 283 g/mol. The van der Waals surface area contributed by atoms with Crippen molar-refractivity contribution in [2.75, 3.05) is 0 Å². The summed E-state index contributed by atoms with van der Waals surface area (Å²) >= 11 is 0. The van der Waals surface area contributed by atoms with Gasteiger partial charge in [0.1, 0.15) is 5.75 Å². The molecule has 0 saturated heterocycles. The van der Waals surface area contributed by atoms with Gasteiger partial charge in [0.25, 0.3) is 5.91 Å². The molecule has 1 atom stereocenters. The number of para-hydroxylation sites is 1. The fourth-order valence-corrected chi connectivity index (χ4v) is 2.19. The first-order valence-corrected chi connectivity index (χ1v) is 6.81. The first-order chi connectivity index (χ1) is 10.1. The van der Waals surface area contributed by atoms with Crippen LogP contribution in [0.25, 0.3) is 0 Å². The number of carbonyl (C=O) groups is 2. The molecule has 1 unspecified atom stereocenters. The molecule has 0 aromatic heterocycles. The molecule has 2 amide bonds. The maximum atomic E-state index is 12.3. The second-order valence-corrected chi connectivity index (χ2v) is 4.71. The van der Waals surface area contributed by atoms with Crippen LogP contribution in [0, 0.1) is 0 Å². The number of benzene rings is 2. The van der Waals surface area contributed by atoms with Crippen molar-refractivity contribution < 1.29 is 14.7 Å². The highest BCUT2D eigenvalue weighted by Gasteiger charge is 2.22. The van der Waals surface area contributed by atoms with Gasteiger partial charge in [-0.15, -0.1) is 0 Å². The Morgan fingerprint density at radius 1 is 1.05 bits per heavy atom. The molecule has 0 aliphatic rings. The lowest BCUT2D eigenvalue weighted by Crippen LogP contribution is -2.34. The van der Waals surface area contributed by atoms with E-state index in [0.29, 0.717) is 6.42 Å². The normalized spacial score (nSPS) is 11.7. The standard InChI is InChI=1S/C17H17NO3/c1-2-13(12-8-4-3-5-9-12)16(20)18-17(21)14-10-6-7-11-15(14)19/h3-11,13,19H,2H2,1H3,(H,18,20,21). The number of aromatic hydroxyl groups is 1. The molecule has 0 heterocycles. The third-order valence-electron chi connectivity index (χ3n) is 3.31. The van der Waals surface area contributed by atoms with Gasteiger partial charge in [-0.25, -0.2) is 0 Å². The van der Waals surface area contributed by atoms with Gasteiger partial charge in [-0.3, -0.25) is 14.9 Å². The molecule has 0 saturated carbocycles. The third-order valence-corrected chi connectivity index (χ3v) is 3.31. The lowest BCUT2D eigenvalue weighted by molar-refractivity contribution is -0.121. The summed E-state index contributed by atoms with van der Waals surface area (Å²) in [4.78, 5) is 24.3. The van der Waals surface area contributed by atoms with E-state index < -0.39 is 5.91 Å². The Kier molecular flexibility index (Phi) is 4.72. The van der Waals surface area contributed by atoms with Crippen molar-refractivity contribution in [1.82, 2.24) is 5.32 Å². The predicted molar refractivity (Wildman–Crippen MR) is 80.1 cm³/mol. The molecule has 21 heavy (non-hydrogen) atoms. The van der Waals surface area contributed by atoms with Gasteiger partial charge in [-0.1, -0.05) is 49.4 Å². The summed E-state index contributed by atoms with van der Waals surface area (Å²) in [6.07, 6.45) is 0.587. The molecule has 0 spiro atoms. The molecule has 0 aliphatic carbocycles. The van der Waals surface area contributed by atoms with Crippen molar-refractivity contribution in [3.8, 4) is 5.75 Å². The lowest BCUT2D eigenvalue weighted by Gasteiger charge is -2.15. The quantitative estimate of drug-likeness (QED) is 0.906. The Labute approximate surface area is 123 Å². The Balaban J connectivity index is 2.13. The minimum absolute atomic E-state index is 0.0914. The molecule has 0 aliphatic heterocycles. The SMILES string of the molecule is CCC(C(=O)NC(=O)c1ccccc1O)c1ccccc1. The first-order valence-electron chi connectivity index (χ1n) is 6.81. The Morgan fingerprint density at radius 2 is 1.67 bits per heavy atom. The fourth-order valence-electron chi connectivity index (χ4n) is 2.19. The highest BCUT2D eigenvalue weighted by atomic mass is 16.3. The molecule has 0 bridgehead atoms. The van der Waals surface area contributed by atoms with Crippen LogP contribution in [0.5, 0.6) is 5.75 Å². The van der Waals surface area contributed by atoms with Gasteiger partial charge in [-0.2, -0.15) is 0 Å². The highest BCUT2D eigenvalue weighted by molar-refractivity contribution is 6.07. The smallest absolute Gasteiger partial charge is 0.261 e. The van der Waals surface area contributed by atoms with E-state index in [9.17, 15) is 14.7 Å². The minimum Gasteiger partial charge on any atom is -0.507 e. The number of rotatable bonds is 4. The van der Waals surface area contributed by atoms with Crippen LogP contribution < -0.4 is 5.32 Å². The van der Waals surface area contributed by atoms with E-state index in [0.717, 1.165) is 5.56 Å². The number of carbonyl (C=O) groups excluding carboxylic acids is 2. The third kappa shape index (κ3) is 3.48. The molecule has 0 fully saturated rings. The fraction of sp³-hybridized carbons (Fsp3) is 0.176.